The molecule has 18 heavy (non-hydrogen) atoms. The fourth-order valence-electron chi connectivity index (χ4n) is 2.33. The number of carbonyl (C=O) groups excluding carboxylic acids is 1. The number of hydrogen-bond acceptors (Lipinski definition) is 4. The van der Waals surface area contributed by atoms with Crippen molar-refractivity contribution in [3.63, 3.8) is 0 Å². The molecule has 0 aliphatic carbocycles. The smallest absolute Gasteiger partial charge is 0.328 e. The van der Waals surface area contributed by atoms with Crippen molar-refractivity contribution >= 4 is 11.7 Å². The number of rotatable bonds is 4. The maximum Gasteiger partial charge on any atom is 0.328 e. The Bertz CT molecular complexity index is 402. The van der Waals surface area contributed by atoms with Gasteiger partial charge in [-0.1, -0.05) is 0 Å². The van der Waals surface area contributed by atoms with Crippen LogP contribution in [-0.2, 0) is 9.53 Å². The molecule has 0 aromatic heterocycles. The minimum atomic E-state index is -0.140. The molecule has 1 aromatic carbocycles. The van der Waals surface area contributed by atoms with E-state index in [9.17, 15) is 4.79 Å². The van der Waals surface area contributed by atoms with E-state index in [1.165, 1.54) is 0 Å². The third-order valence-corrected chi connectivity index (χ3v) is 3.22. The van der Waals surface area contributed by atoms with Crippen molar-refractivity contribution in [2.75, 3.05) is 25.2 Å². The molecule has 4 nitrogen and oxygen atoms in total. The van der Waals surface area contributed by atoms with E-state index >= 15 is 0 Å². The van der Waals surface area contributed by atoms with Crippen molar-refractivity contribution in [2.24, 2.45) is 0 Å². The monoisotopic (exact) mass is 249 g/mol. The maximum atomic E-state index is 11.9. The lowest BCUT2D eigenvalue weighted by molar-refractivity contribution is -0.144. The summed E-state index contributed by atoms with van der Waals surface area (Å²) in [6, 6.07) is 7.65. The number of anilines is 1. The largest absolute Gasteiger partial charge is 0.497 e. The number of esters is 1. The van der Waals surface area contributed by atoms with Gasteiger partial charge >= 0.3 is 5.97 Å². The van der Waals surface area contributed by atoms with Crippen molar-refractivity contribution in [1.82, 2.24) is 0 Å². The van der Waals surface area contributed by atoms with Crippen LogP contribution in [0.1, 0.15) is 19.8 Å². The summed E-state index contributed by atoms with van der Waals surface area (Å²) in [6.45, 7) is 3.17. The minimum Gasteiger partial charge on any atom is -0.497 e. The topological polar surface area (TPSA) is 38.8 Å². The molecule has 98 valence electrons. The summed E-state index contributed by atoms with van der Waals surface area (Å²) in [7, 11) is 1.65. The molecule has 1 aromatic rings. The molecule has 1 saturated heterocycles. The van der Waals surface area contributed by atoms with Crippen LogP contribution in [0.5, 0.6) is 5.75 Å². The zero-order valence-electron chi connectivity index (χ0n) is 10.9. The van der Waals surface area contributed by atoms with Gasteiger partial charge in [-0.25, -0.2) is 4.79 Å². The summed E-state index contributed by atoms with van der Waals surface area (Å²) in [5.74, 6) is 0.705. The maximum absolute atomic E-state index is 11.9. The number of nitrogens with zero attached hydrogens (tertiary/aromatic N) is 1. The van der Waals surface area contributed by atoms with Gasteiger partial charge in [0.1, 0.15) is 11.8 Å². The number of hydrogen-bond donors (Lipinski definition) is 0. The first-order chi connectivity index (χ1) is 8.76. The molecule has 0 N–H and O–H groups in total. The van der Waals surface area contributed by atoms with E-state index in [-0.39, 0.29) is 12.0 Å². The van der Waals surface area contributed by atoms with Gasteiger partial charge in [0.15, 0.2) is 0 Å². The van der Waals surface area contributed by atoms with E-state index in [4.69, 9.17) is 9.47 Å². The standard InChI is InChI=1S/C14H19NO3/c1-3-18-14(16)13-5-4-10-15(13)11-6-8-12(17-2)9-7-11/h6-9,13H,3-5,10H2,1-2H3. The van der Waals surface area contributed by atoms with E-state index < -0.39 is 0 Å². The Balaban J connectivity index is 2.12. The summed E-state index contributed by atoms with van der Waals surface area (Å²) >= 11 is 0. The highest BCUT2D eigenvalue weighted by Crippen LogP contribution is 2.27. The van der Waals surface area contributed by atoms with Gasteiger partial charge < -0.3 is 14.4 Å². The van der Waals surface area contributed by atoms with E-state index in [0.29, 0.717) is 6.61 Å². The Morgan fingerprint density at radius 2 is 2.11 bits per heavy atom. The molecule has 1 unspecified atom stereocenters. The first kappa shape index (κ1) is 12.7. The van der Waals surface area contributed by atoms with Gasteiger partial charge in [-0.05, 0) is 44.0 Å². The Hall–Kier alpha value is -1.71. The molecule has 1 aliphatic heterocycles. The third kappa shape index (κ3) is 2.58. The zero-order valence-corrected chi connectivity index (χ0v) is 10.9. The van der Waals surface area contributed by atoms with Crippen molar-refractivity contribution in [3.8, 4) is 5.75 Å². The highest BCUT2D eigenvalue weighted by atomic mass is 16.5. The van der Waals surface area contributed by atoms with Crippen LogP contribution in [0, 0.1) is 0 Å². The average Bonchev–Trinajstić information content (AvgIpc) is 2.88. The molecule has 1 heterocycles. The molecular weight excluding hydrogens is 230 g/mol. The van der Waals surface area contributed by atoms with Crippen LogP contribution in [0.15, 0.2) is 24.3 Å². The van der Waals surface area contributed by atoms with E-state index in [1.807, 2.05) is 31.2 Å². The van der Waals surface area contributed by atoms with Gasteiger partial charge in [0.25, 0.3) is 0 Å². The molecule has 2 rings (SSSR count). The summed E-state index contributed by atoms with van der Waals surface area (Å²) in [6.07, 6.45) is 1.89. The Morgan fingerprint density at radius 1 is 1.39 bits per heavy atom. The lowest BCUT2D eigenvalue weighted by atomic mass is 10.2. The SMILES string of the molecule is CCOC(=O)C1CCCN1c1ccc(OC)cc1. The molecule has 0 saturated carbocycles. The molecule has 0 spiro atoms. The number of ether oxygens (including phenoxy) is 2. The molecule has 1 fully saturated rings. The second-order valence-electron chi connectivity index (χ2n) is 4.30. The van der Waals surface area contributed by atoms with Crippen molar-refractivity contribution in [2.45, 2.75) is 25.8 Å². The van der Waals surface area contributed by atoms with Gasteiger partial charge in [0.2, 0.25) is 0 Å². The second-order valence-corrected chi connectivity index (χ2v) is 4.30. The van der Waals surface area contributed by atoms with Crippen molar-refractivity contribution < 1.29 is 14.3 Å². The Morgan fingerprint density at radius 3 is 2.72 bits per heavy atom. The van der Waals surface area contributed by atoms with Crippen LogP contribution < -0.4 is 9.64 Å². The summed E-state index contributed by atoms with van der Waals surface area (Å²) in [5, 5.41) is 0. The lowest BCUT2D eigenvalue weighted by Crippen LogP contribution is -2.37. The summed E-state index contributed by atoms with van der Waals surface area (Å²) < 4.78 is 10.3. The molecular formula is C14H19NO3. The zero-order chi connectivity index (χ0) is 13.0. The first-order valence-electron chi connectivity index (χ1n) is 6.33. The van der Waals surface area contributed by atoms with Gasteiger partial charge in [-0.3, -0.25) is 0 Å². The van der Waals surface area contributed by atoms with Crippen LogP contribution in [-0.4, -0.2) is 32.3 Å². The van der Waals surface area contributed by atoms with E-state index in [0.717, 1.165) is 30.8 Å². The van der Waals surface area contributed by atoms with Gasteiger partial charge in [0.05, 0.1) is 13.7 Å². The number of benzene rings is 1. The van der Waals surface area contributed by atoms with Gasteiger partial charge in [0, 0.05) is 12.2 Å². The molecule has 1 aliphatic rings. The fraction of sp³-hybridized carbons (Fsp3) is 0.500. The molecule has 0 amide bonds. The molecule has 0 radical (unpaired) electrons. The van der Waals surface area contributed by atoms with Gasteiger partial charge in [-0.2, -0.15) is 0 Å². The van der Waals surface area contributed by atoms with Crippen molar-refractivity contribution in [3.05, 3.63) is 24.3 Å². The summed E-state index contributed by atoms with van der Waals surface area (Å²) in [4.78, 5) is 14.0. The Kier molecular flexibility index (Phi) is 4.07. The van der Waals surface area contributed by atoms with Crippen LogP contribution in [0.25, 0.3) is 0 Å². The highest BCUT2D eigenvalue weighted by molar-refractivity contribution is 5.80. The minimum absolute atomic E-state index is 0.120. The van der Waals surface area contributed by atoms with Crippen LogP contribution in [0.3, 0.4) is 0 Å². The second kappa shape index (κ2) is 5.76. The first-order valence-corrected chi connectivity index (χ1v) is 6.33. The number of methoxy groups -OCH3 is 1. The quantitative estimate of drug-likeness (QED) is 0.767. The van der Waals surface area contributed by atoms with E-state index in [2.05, 4.69) is 4.90 Å². The van der Waals surface area contributed by atoms with E-state index in [1.54, 1.807) is 7.11 Å². The fourth-order valence-corrected chi connectivity index (χ4v) is 2.33. The summed E-state index contributed by atoms with van der Waals surface area (Å²) in [5.41, 5.74) is 1.05. The third-order valence-electron chi connectivity index (χ3n) is 3.22. The number of carbonyl (C=O) groups is 1. The predicted octanol–water partition coefficient (Wildman–Crippen LogP) is 2.23. The Labute approximate surface area is 107 Å². The molecule has 0 bridgehead atoms. The van der Waals surface area contributed by atoms with Gasteiger partial charge in [-0.15, -0.1) is 0 Å². The molecule has 4 heteroatoms. The van der Waals surface area contributed by atoms with Crippen LogP contribution >= 0.6 is 0 Å². The lowest BCUT2D eigenvalue weighted by Gasteiger charge is -2.25. The predicted molar refractivity (Wildman–Crippen MR) is 70.0 cm³/mol. The van der Waals surface area contributed by atoms with Crippen molar-refractivity contribution in [1.29, 1.82) is 0 Å². The van der Waals surface area contributed by atoms with Crippen LogP contribution in [0.2, 0.25) is 0 Å². The van der Waals surface area contributed by atoms with Crippen LogP contribution in [0.4, 0.5) is 5.69 Å². The normalized spacial score (nSPS) is 18.8. The average molecular weight is 249 g/mol. The highest BCUT2D eigenvalue weighted by Gasteiger charge is 2.31. The molecule has 1 atom stereocenters.